The van der Waals surface area contributed by atoms with E-state index in [-0.39, 0.29) is 12.7 Å². The Hall–Kier alpha value is -0.540. The molecule has 0 aliphatic heterocycles. The van der Waals surface area contributed by atoms with Gasteiger partial charge in [0.2, 0.25) is 0 Å². The molecule has 0 spiro atoms. The number of hydrogen-bond donors (Lipinski definition) is 1. The quantitative estimate of drug-likeness (QED) is 0.887. The fraction of sp³-hybridized carbons (Fsp3) is 0.400. The number of halogens is 1. The zero-order chi connectivity index (χ0) is 9.84. The average Bonchev–Trinajstić information content (AvgIpc) is 2.08. The van der Waals surface area contributed by atoms with E-state index in [9.17, 15) is 0 Å². The van der Waals surface area contributed by atoms with Crippen LogP contribution in [0, 0.1) is 0 Å². The summed E-state index contributed by atoms with van der Waals surface area (Å²) < 4.78 is 6.44. The van der Waals surface area contributed by atoms with Crippen LogP contribution in [0.25, 0.3) is 0 Å². The van der Waals surface area contributed by atoms with Crippen LogP contribution < -0.4 is 4.74 Å². The van der Waals surface area contributed by atoms with E-state index in [1.54, 1.807) is 0 Å². The molecule has 0 aliphatic rings. The highest BCUT2D eigenvalue weighted by Crippen LogP contribution is 2.29. The Morgan fingerprint density at radius 2 is 2.15 bits per heavy atom. The lowest BCUT2D eigenvalue weighted by atomic mass is 10.2. The van der Waals surface area contributed by atoms with Gasteiger partial charge in [0.1, 0.15) is 5.75 Å². The number of rotatable bonds is 3. The van der Waals surface area contributed by atoms with Crippen molar-refractivity contribution in [1.29, 1.82) is 0 Å². The maximum atomic E-state index is 9.05. The van der Waals surface area contributed by atoms with E-state index in [1.807, 2.05) is 32.0 Å². The second-order valence-corrected chi connectivity index (χ2v) is 3.91. The van der Waals surface area contributed by atoms with Crippen LogP contribution in [-0.4, -0.2) is 11.2 Å². The van der Waals surface area contributed by atoms with Gasteiger partial charge in [-0.2, -0.15) is 0 Å². The standard InChI is InChI=1S/C10H13BrO2/c1-7(2)13-10-8(6-12)4-3-5-9(10)11/h3-5,7,12H,6H2,1-2H3. The fourth-order valence-electron chi connectivity index (χ4n) is 1.05. The van der Waals surface area contributed by atoms with E-state index in [1.165, 1.54) is 0 Å². The van der Waals surface area contributed by atoms with Crippen LogP contribution in [0.2, 0.25) is 0 Å². The lowest BCUT2D eigenvalue weighted by Gasteiger charge is -2.14. The maximum Gasteiger partial charge on any atom is 0.139 e. The van der Waals surface area contributed by atoms with Crippen LogP contribution in [-0.2, 0) is 6.61 Å². The normalized spacial score (nSPS) is 10.5. The summed E-state index contributed by atoms with van der Waals surface area (Å²) in [6, 6.07) is 5.63. The predicted octanol–water partition coefficient (Wildman–Crippen LogP) is 2.73. The van der Waals surface area contributed by atoms with Crippen molar-refractivity contribution < 1.29 is 9.84 Å². The lowest BCUT2D eigenvalue weighted by Crippen LogP contribution is -2.08. The molecule has 1 rings (SSSR count). The zero-order valence-corrected chi connectivity index (χ0v) is 9.34. The smallest absolute Gasteiger partial charge is 0.139 e. The molecule has 1 aromatic rings. The second kappa shape index (κ2) is 4.63. The van der Waals surface area contributed by atoms with Gasteiger partial charge in [-0.25, -0.2) is 0 Å². The van der Waals surface area contributed by atoms with Crippen molar-refractivity contribution in [2.45, 2.75) is 26.6 Å². The fourth-order valence-corrected chi connectivity index (χ4v) is 1.55. The number of hydrogen-bond acceptors (Lipinski definition) is 2. The van der Waals surface area contributed by atoms with Crippen molar-refractivity contribution >= 4 is 15.9 Å². The average molecular weight is 245 g/mol. The van der Waals surface area contributed by atoms with Gasteiger partial charge in [0.25, 0.3) is 0 Å². The van der Waals surface area contributed by atoms with Gasteiger partial charge in [-0.3, -0.25) is 0 Å². The molecule has 0 unspecified atom stereocenters. The monoisotopic (exact) mass is 244 g/mol. The molecule has 0 radical (unpaired) electrons. The third kappa shape index (κ3) is 2.71. The molecule has 0 atom stereocenters. The molecule has 2 nitrogen and oxygen atoms in total. The summed E-state index contributed by atoms with van der Waals surface area (Å²) in [5.41, 5.74) is 0.808. The van der Waals surface area contributed by atoms with E-state index in [4.69, 9.17) is 9.84 Å². The van der Waals surface area contributed by atoms with Gasteiger partial charge in [-0.15, -0.1) is 0 Å². The summed E-state index contributed by atoms with van der Waals surface area (Å²) in [6.07, 6.45) is 0.115. The van der Waals surface area contributed by atoms with Crippen molar-refractivity contribution in [1.82, 2.24) is 0 Å². The Bertz CT molecular complexity index is 284. The summed E-state index contributed by atoms with van der Waals surface area (Å²) >= 11 is 3.38. The largest absolute Gasteiger partial charge is 0.489 e. The highest BCUT2D eigenvalue weighted by atomic mass is 79.9. The highest BCUT2D eigenvalue weighted by molar-refractivity contribution is 9.10. The van der Waals surface area contributed by atoms with E-state index in [0.29, 0.717) is 0 Å². The van der Waals surface area contributed by atoms with Crippen LogP contribution in [0.3, 0.4) is 0 Å². The van der Waals surface area contributed by atoms with Crippen LogP contribution in [0.4, 0.5) is 0 Å². The SMILES string of the molecule is CC(C)Oc1c(Br)cccc1CO. The van der Waals surface area contributed by atoms with Gasteiger partial charge in [0, 0.05) is 5.56 Å². The molecule has 3 heteroatoms. The van der Waals surface area contributed by atoms with Gasteiger partial charge >= 0.3 is 0 Å². The van der Waals surface area contributed by atoms with Crippen molar-refractivity contribution in [2.24, 2.45) is 0 Å². The number of benzene rings is 1. The first kappa shape index (κ1) is 10.5. The Morgan fingerprint density at radius 3 is 2.69 bits per heavy atom. The summed E-state index contributed by atoms with van der Waals surface area (Å²) in [4.78, 5) is 0. The number of para-hydroxylation sites is 1. The minimum Gasteiger partial charge on any atom is -0.489 e. The summed E-state index contributed by atoms with van der Waals surface area (Å²) in [5.74, 6) is 0.736. The highest BCUT2D eigenvalue weighted by Gasteiger charge is 2.08. The van der Waals surface area contributed by atoms with Gasteiger partial charge < -0.3 is 9.84 Å². The summed E-state index contributed by atoms with van der Waals surface area (Å²) in [5, 5.41) is 9.05. The Kier molecular flexibility index (Phi) is 3.75. The molecule has 1 aromatic carbocycles. The molecular formula is C10H13BrO2. The molecule has 0 saturated carbocycles. The molecule has 0 aromatic heterocycles. The van der Waals surface area contributed by atoms with E-state index in [2.05, 4.69) is 15.9 Å². The van der Waals surface area contributed by atoms with Crippen LogP contribution >= 0.6 is 15.9 Å². The molecule has 0 fully saturated rings. The zero-order valence-electron chi connectivity index (χ0n) is 7.75. The molecule has 0 amide bonds. The Morgan fingerprint density at radius 1 is 1.46 bits per heavy atom. The number of aliphatic hydroxyl groups is 1. The lowest BCUT2D eigenvalue weighted by molar-refractivity contribution is 0.224. The van der Waals surface area contributed by atoms with Crippen LogP contribution in [0.15, 0.2) is 22.7 Å². The van der Waals surface area contributed by atoms with Gasteiger partial charge in [0.15, 0.2) is 0 Å². The van der Waals surface area contributed by atoms with Crippen LogP contribution in [0.1, 0.15) is 19.4 Å². The first-order valence-corrected chi connectivity index (χ1v) is 4.99. The molecule has 0 bridgehead atoms. The number of aliphatic hydroxyl groups excluding tert-OH is 1. The minimum atomic E-state index is 0.00148. The summed E-state index contributed by atoms with van der Waals surface area (Å²) in [6.45, 7) is 3.92. The molecule has 1 N–H and O–H groups in total. The Labute approximate surface area is 86.7 Å². The van der Waals surface area contributed by atoms with Gasteiger partial charge in [0.05, 0.1) is 17.2 Å². The third-order valence-electron chi connectivity index (χ3n) is 1.57. The Balaban J connectivity index is 3.00. The maximum absolute atomic E-state index is 9.05. The van der Waals surface area contributed by atoms with Crippen molar-refractivity contribution in [3.8, 4) is 5.75 Å². The second-order valence-electron chi connectivity index (χ2n) is 3.05. The molecule has 13 heavy (non-hydrogen) atoms. The van der Waals surface area contributed by atoms with Crippen LogP contribution in [0.5, 0.6) is 5.75 Å². The number of ether oxygens (including phenoxy) is 1. The van der Waals surface area contributed by atoms with Gasteiger partial charge in [-0.05, 0) is 35.8 Å². The topological polar surface area (TPSA) is 29.5 Å². The first-order valence-electron chi connectivity index (χ1n) is 4.20. The molecule has 72 valence electrons. The first-order chi connectivity index (χ1) is 6.15. The third-order valence-corrected chi connectivity index (χ3v) is 2.20. The van der Waals surface area contributed by atoms with E-state index in [0.717, 1.165) is 15.8 Å². The van der Waals surface area contributed by atoms with Crippen molar-refractivity contribution in [2.75, 3.05) is 0 Å². The minimum absolute atomic E-state index is 0.00148. The van der Waals surface area contributed by atoms with E-state index >= 15 is 0 Å². The molecule has 0 aliphatic carbocycles. The van der Waals surface area contributed by atoms with Crippen molar-refractivity contribution in [3.05, 3.63) is 28.2 Å². The predicted molar refractivity (Wildman–Crippen MR) is 55.8 cm³/mol. The van der Waals surface area contributed by atoms with Gasteiger partial charge in [-0.1, -0.05) is 12.1 Å². The molecule has 0 saturated heterocycles. The summed E-state index contributed by atoms with van der Waals surface area (Å²) in [7, 11) is 0. The van der Waals surface area contributed by atoms with Crippen molar-refractivity contribution in [3.63, 3.8) is 0 Å². The molecular weight excluding hydrogens is 232 g/mol. The van der Waals surface area contributed by atoms with E-state index < -0.39 is 0 Å². The molecule has 0 heterocycles.